The number of hydrogen-bond donors (Lipinski definition) is 1. The van der Waals surface area contributed by atoms with Crippen molar-refractivity contribution in [3.8, 4) is 12.3 Å². The highest BCUT2D eigenvalue weighted by atomic mass is 32.2. The van der Waals surface area contributed by atoms with Crippen LogP contribution in [0.1, 0.15) is 5.56 Å². The van der Waals surface area contributed by atoms with Crippen LogP contribution in [0, 0.1) is 19.3 Å². The Kier molecular flexibility index (Phi) is 4.33. The first-order valence-electron chi connectivity index (χ1n) is 5.80. The van der Waals surface area contributed by atoms with Gasteiger partial charge in [0.2, 0.25) is 0 Å². The number of nitrogens with one attached hydrogen (secondary N) is 1. The van der Waals surface area contributed by atoms with Gasteiger partial charge in [-0.15, -0.1) is 6.42 Å². The summed E-state index contributed by atoms with van der Waals surface area (Å²) in [5, 5.41) is 3.15. The molecule has 1 nitrogen and oxygen atoms in total. The predicted molar refractivity (Wildman–Crippen MR) is 79.1 cm³/mol. The highest BCUT2D eigenvalue weighted by Gasteiger charge is 2.00. The molecular formula is C16H15NS. The van der Waals surface area contributed by atoms with Gasteiger partial charge in [0.05, 0.1) is 6.54 Å². The molecule has 0 unspecified atom stereocenters. The summed E-state index contributed by atoms with van der Waals surface area (Å²) in [6, 6.07) is 16.7. The number of benzene rings is 2. The van der Waals surface area contributed by atoms with Gasteiger partial charge in [-0.05, 0) is 42.8 Å². The molecule has 0 amide bonds. The number of terminal acetylenes is 1. The second kappa shape index (κ2) is 6.18. The van der Waals surface area contributed by atoms with Gasteiger partial charge in [-0.3, -0.25) is 0 Å². The summed E-state index contributed by atoms with van der Waals surface area (Å²) in [7, 11) is 0. The third-order valence-corrected chi connectivity index (χ3v) is 3.76. The summed E-state index contributed by atoms with van der Waals surface area (Å²) >= 11 is 1.78. The van der Waals surface area contributed by atoms with Gasteiger partial charge in [-0.25, -0.2) is 0 Å². The topological polar surface area (TPSA) is 12.0 Å². The Morgan fingerprint density at radius 3 is 2.50 bits per heavy atom. The fourth-order valence-corrected chi connectivity index (χ4v) is 2.49. The van der Waals surface area contributed by atoms with E-state index in [0.29, 0.717) is 6.54 Å². The van der Waals surface area contributed by atoms with Crippen LogP contribution in [0.25, 0.3) is 0 Å². The maximum absolute atomic E-state index is 5.21. The molecule has 0 bridgehead atoms. The van der Waals surface area contributed by atoms with Gasteiger partial charge in [0.25, 0.3) is 0 Å². The lowest BCUT2D eigenvalue weighted by Gasteiger charge is -2.06. The highest BCUT2D eigenvalue weighted by Crippen LogP contribution is 2.30. The summed E-state index contributed by atoms with van der Waals surface area (Å²) in [6.45, 7) is 2.69. The predicted octanol–water partition coefficient (Wildman–Crippen LogP) is 4.19. The minimum atomic E-state index is 0.560. The van der Waals surface area contributed by atoms with Gasteiger partial charge in [0, 0.05) is 15.5 Å². The number of hydrogen-bond acceptors (Lipinski definition) is 2. The van der Waals surface area contributed by atoms with Gasteiger partial charge in [-0.1, -0.05) is 35.9 Å². The van der Waals surface area contributed by atoms with Crippen molar-refractivity contribution in [1.82, 2.24) is 0 Å². The van der Waals surface area contributed by atoms with E-state index in [2.05, 4.69) is 66.7 Å². The Hall–Kier alpha value is -1.85. The molecule has 0 atom stereocenters. The van der Waals surface area contributed by atoms with Crippen molar-refractivity contribution in [2.75, 3.05) is 11.9 Å². The standard InChI is InChI=1S/C16H15NS/c1-3-12-17-14-8-10-15(11-9-14)18-16-7-5-4-6-13(16)2/h1,4-11,17H,12H2,2H3. The van der Waals surface area contributed by atoms with Crippen LogP contribution in [0.4, 0.5) is 5.69 Å². The Morgan fingerprint density at radius 2 is 1.83 bits per heavy atom. The summed E-state index contributed by atoms with van der Waals surface area (Å²) in [6.07, 6.45) is 5.21. The molecule has 2 rings (SSSR count). The molecule has 1 N–H and O–H groups in total. The molecule has 0 aromatic heterocycles. The van der Waals surface area contributed by atoms with Crippen LogP contribution in [0.5, 0.6) is 0 Å². The zero-order valence-electron chi connectivity index (χ0n) is 10.3. The largest absolute Gasteiger partial charge is 0.374 e. The molecule has 18 heavy (non-hydrogen) atoms. The van der Waals surface area contributed by atoms with Crippen LogP contribution in [0.2, 0.25) is 0 Å². The lowest BCUT2D eigenvalue weighted by Crippen LogP contribution is -1.97. The van der Waals surface area contributed by atoms with Gasteiger partial charge >= 0.3 is 0 Å². The fraction of sp³-hybridized carbons (Fsp3) is 0.125. The van der Waals surface area contributed by atoms with Crippen molar-refractivity contribution >= 4 is 17.4 Å². The number of anilines is 1. The molecule has 0 heterocycles. The molecule has 0 saturated carbocycles. The second-order valence-corrected chi connectivity index (χ2v) is 5.06. The molecule has 90 valence electrons. The molecule has 0 fully saturated rings. The number of aryl methyl sites for hydroxylation is 1. The van der Waals surface area contributed by atoms with E-state index in [1.165, 1.54) is 15.4 Å². The van der Waals surface area contributed by atoms with Gasteiger partial charge in [0.1, 0.15) is 0 Å². The van der Waals surface area contributed by atoms with Crippen molar-refractivity contribution in [1.29, 1.82) is 0 Å². The molecule has 2 heteroatoms. The first kappa shape index (κ1) is 12.6. The van der Waals surface area contributed by atoms with Crippen LogP contribution >= 0.6 is 11.8 Å². The summed E-state index contributed by atoms with van der Waals surface area (Å²) in [5.74, 6) is 2.56. The van der Waals surface area contributed by atoms with Crippen molar-refractivity contribution in [2.24, 2.45) is 0 Å². The van der Waals surface area contributed by atoms with Gasteiger partial charge in [0.15, 0.2) is 0 Å². The summed E-state index contributed by atoms with van der Waals surface area (Å²) < 4.78 is 0. The van der Waals surface area contributed by atoms with E-state index >= 15 is 0 Å². The van der Waals surface area contributed by atoms with E-state index in [4.69, 9.17) is 6.42 Å². The smallest absolute Gasteiger partial charge is 0.0763 e. The van der Waals surface area contributed by atoms with E-state index in [9.17, 15) is 0 Å². The third-order valence-electron chi connectivity index (χ3n) is 2.57. The lowest BCUT2D eigenvalue weighted by molar-refractivity contribution is 1.29. The van der Waals surface area contributed by atoms with Crippen LogP contribution in [-0.4, -0.2) is 6.54 Å². The van der Waals surface area contributed by atoms with Gasteiger partial charge < -0.3 is 5.32 Å². The maximum Gasteiger partial charge on any atom is 0.0763 e. The molecule has 0 aliphatic carbocycles. The second-order valence-electron chi connectivity index (χ2n) is 3.95. The molecule has 0 aliphatic rings. The van der Waals surface area contributed by atoms with Crippen LogP contribution < -0.4 is 5.32 Å². The number of rotatable bonds is 4. The van der Waals surface area contributed by atoms with E-state index in [1.54, 1.807) is 11.8 Å². The zero-order valence-corrected chi connectivity index (χ0v) is 11.1. The average molecular weight is 253 g/mol. The normalized spacial score (nSPS) is 9.78. The Bertz CT molecular complexity index is 552. The summed E-state index contributed by atoms with van der Waals surface area (Å²) in [4.78, 5) is 2.53. The molecular weight excluding hydrogens is 238 g/mol. The van der Waals surface area contributed by atoms with E-state index in [-0.39, 0.29) is 0 Å². The SMILES string of the molecule is C#CCNc1ccc(Sc2ccccc2C)cc1. The van der Waals surface area contributed by atoms with Crippen molar-refractivity contribution in [2.45, 2.75) is 16.7 Å². The minimum Gasteiger partial charge on any atom is -0.374 e. The summed E-state index contributed by atoms with van der Waals surface area (Å²) in [5.41, 5.74) is 2.36. The molecule has 2 aromatic carbocycles. The minimum absolute atomic E-state index is 0.560. The third kappa shape index (κ3) is 3.32. The molecule has 2 aromatic rings. The van der Waals surface area contributed by atoms with Crippen LogP contribution in [-0.2, 0) is 0 Å². The zero-order chi connectivity index (χ0) is 12.8. The average Bonchev–Trinajstić information content (AvgIpc) is 2.41. The first-order valence-corrected chi connectivity index (χ1v) is 6.62. The van der Waals surface area contributed by atoms with Crippen molar-refractivity contribution in [3.63, 3.8) is 0 Å². The van der Waals surface area contributed by atoms with Gasteiger partial charge in [-0.2, -0.15) is 0 Å². The van der Waals surface area contributed by atoms with Crippen LogP contribution in [0.15, 0.2) is 58.3 Å². The van der Waals surface area contributed by atoms with E-state index in [1.807, 2.05) is 0 Å². The molecule has 0 radical (unpaired) electrons. The fourth-order valence-electron chi connectivity index (χ4n) is 1.59. The van der Waals surface area contributed by atoms with Crippen molar-refractivity contribution in [3.05, 3.63) is 54.1 Å². The Labute approximate surface area is 113 Å². The molecule has 0 saturated heterocycles. The maximum atomic E-state index is 5.21. The Balaban J connectivity index is 2.07. The van der Waals surface area contributed by atoms with E-state index in [0.717, 1.165) is 5.69 Å². The highest BCUT2D eigenvalue weighted by molar-refractivity contribution is 7.99. The van der Waals surface area contributed by atoms with E-state index < -0.39 is 0 Å². The first-order chi connectivity index (χ1) is 8.79. The van der Waals surface area contributed by atoms with Crippen LogP contribution in [0.3, 0.4) is 0 Å². The monoisotopic (exact) mass is 253 g/mol. The lowest BCUT2D eigenvalue weighted by atomic mass is 10.2. The molecule has 0 spiro atoms. The molecule has 0 aliphatic heterocycles. The quantitative estimate of drug-likeness (QED) is 0.820. The Morgan fingerprint density at radius 1 is 1.11 bits per heavy atom. The van der Waals surface area contributed by atoms with Crippen molar-refractivity contribution < 1.29 is 0 Å².